The number of rotatable bonds is 16. The van der Waals surface area contributed by atoms with Crippen molar-refractivity contribution in [1.82, 2.24) is 0 Å². The van der Waals surface area contributed by atoms with Crippen LogP contribution in [0.3, 0.4) is 0 Å². The molecule has 1 aliphatic carbocycles. The van der Waals surface area contributed by atoms with E-state index in [1.807, 2.05) is 0 Å². The molecule has 2 aromatic carbocycles. The number of fused-ring (bicyclic) bond motifs is 1. The number of ketones is 1. The van der Waals surface area contributed by atoms with Crippen molar-refractivity contribution in [3.05, 3.63) is 60.2 Å². The number of aryl methyl sites for hydroxylation is 1. The van der Waals surface area contributed by atoms with E-state index in [4.69, 9.17) is 13.6 Å². The lowest BCUT2D eigenvalue weighted by molar-refractivity contribution is -0.137. The van der Waals surface area contributed by atoms with E-state index >= 15 is 0 Å². The molecule has 9 heteroatoms. The van der Waals surface area contributed by atoms with Gasteiger partial charge in [-0.2, -0.15) is 11.8 Å². The lowest BCUT2D eigenvalue weighted by Crippen LogP contribution is -2.48. The smallest absolute Gasteiger partial charge is 0.315 e. The number of esters is 1. The zero-order valence-electron chi connectivity index (χ0n) is 31.7. The van der Waals surface area contributed by atoms with Crippen molar-refractivity contribution >= 4 is 62.7 Å². The maximum Gasteiger partial charge on any atom is 0.315 e. The van der Waals surface area contributed by atoms with Gasteiger partial charge in [0, 0.05) is 12.3 Å². The van der Waals surface area contributed by atoms with Crippen molar-refractivity contribution in [2.24, 2.45) is 5.92 Å². The fraction of sp³-hybridized carbons (Fsp3) is 0.641. The van der Waals surface area contributed by atoms with Crippen molar-refractivity contribution in [3.8, 4) is 0 Å². The molecule has 1 aliphatic rings. The van der Waals surface area contributed by atoms with Gasteiger partial charge >= 0.3 is 5.97 Å². The minimum atomic E-state index is -2.15. The van der Waals surface area contributed by atoms with Crippen LogP contribution in [0.15, 0.2) is 54.6 Å². The van der Waals surface area contributed by atoms with Gasteiger partial charge in [-0.3, -0.25) is 9.59 Å². The first kappa shape index (κ1) is 41.1. The Labute approximate surface area is 302 Å². The fourth-order valence-electron chi connectivity index (χ4n) is 5.66. The summed E-state index contributed by atoms with van der Waals surface area (Å²) in [6.45, 7) is 25.1. The first-order valence-corrected chi connectivity index (χ1v) is 25.5. The zero-order valence-corrected chi connectivity index (χ0v) is 35.4. The Balaban J connectivity index is 1.93. The lowest BCUT2D eigenvalue weighted by atomic mass is 9.92. The summed E-state index contributed by atoms with van der Waals surface area (Å²) in [7, 11) is -2.85. The normalized spacial score (nSPS) is 20.8. The minimum absolute atomic E-state index is 0.0285. The average molecular weight is 731 g/mol. The molecule has 0 aromatic heterocycles. The van der Waals surface area contributed by atoms with Gasteiger partial charge in [-0.1, -0.05) is 96.2 Å². The molecule has 5 nitrogen and oxygen atoms in total. The Morgan fingerprint density at radius 3 is 2.21 bits per heavy atom. The summed E-state index contributed by atoms with van der Waals surface area (Å²) in [5, 5.41) is 2.51. The number of Topliss-reactive ketones (excluding diaryl/α,β-unsaturated/α-hetero) is 1. The molecule has 268 valence electrons. The van der Waals surface area contributed by atoms with E-state index in [0.717, 1.165) is 30.8 Å². The highest BCUT2D eigenvalue weighted by Crippen LogP contribution is 2.45. The van der Waals surface area contributed by atoms with Crippen LogP contribution in [-0.4, -0.2) is 69.7 Å². The Bertz CT molecular complexity index is 1410. The van der Waals surface area contributed by atoms with Crippen molar-refractivity contribution in [3.63, 3.8) is 0 Å². The van der Waals surface area contributed by atoms with Crippen LogP contribution < -0.4 is 0 Å². The lowest BCUT2D eigenvalue weighted by Gasteiger charge is -2.43. The van der Waals surface area contributed by atoms with Gasteiger partial charge < -0.3 is 13.6 Å². The molecule has 0 saturated heterocycles. The van der Waals surface area contributed by atoms with E-state index in [1.165, 1.54) is 23.4 Å². The van der Waals surface area contributed by atoms with Gasteiger partial charge in [0.2, 0.25) is 0 Å². The first-order valence-electron chi connectivity index (χ1n) is 17.5. The fourth-order valence-corrected chi connectivity index (χ4v) is 11.0. The van der Waals surface area contributed by atoms with Gasteiger partial charge in [0.1, 0.15) is 5.78 Å². The Morgan fingerprint density at radius 2 is 1.56 bits per heavy atom. The number of hydrogen-bond acceptors (Lipinski definition) is 7. The number of thioether (sulfide) groups is 2. The van der Waals surface area contributed by atoms with Crippen LogP contribution in [0, 0.1) is 5.92 Å². The predicted molar refractivity (Wildman–Crippen MR) is 213 cm³/mol. The first-order chi connectivity index (χ1) is 22.2. The van der Waals surface area contributed by atoms with Crippen molar-refractivity contribution in [1.29, 1.82) is 0 Å². The van der Waals surface area contributed by atoms with Crippen LogP contribution in [0.2, 0.25) is 36.3 Å². The maximum atomic E-state index is 13.7. The summed E-state index contributed by atoms with van der Waals surface area (Å²) in [5.41, 5.74) is 0.826. The largest absolute Gasteiger partial charge is 0.468 e. The molecule has 3 rings (SSSR count). The standard InChI is InChI=1S/C39H62O5S2Si2/c1-37(2,3)47(9,10)43-34-27-33(40)36(46-26-16-25-45-28-35(41)42-8)32(34)22-24-39(7,44-48(11,12)38(4,5)6)23-21-30-19-15-18-29-17-13-14-20-31(29)30/h13-15,17-20,22,24,32,34,36H,16,21,23,25-28H2,1-12H3/b24-22+/t32-,34+,36+,39-/m0/s1. The van der Waals surface area contributed by atoms with Gasteiger partial charge in [-0.05, 0) is 90.3 Å². The second-order valence-corrected chi connectivity index (χ2v) is 28.4. The van der Waals surface area contributed by atoms with Crippen LogP contribution in [0.1, 0.15) is 73.3 Å². The minimum Gasteiger partial charge on any atom is -0.468 e. The predicted octanol–water partition coefficient (Wildman–Crippen LogP) is 10.5. The van der Waals surface area contributed by atoms with E-state index in [9.17, 15) is 9.59 Å². The molecule has 4 atom stereocenters. The molecule has 0 N–H and O–H groups in total. The number of carbonyl (C=O) groups excluding carboxylic acids is 2. The van der Waals surface area contributed by atoms with Gasteiger partial charge in [-0.25, -0.2) is 0 Å². The topological polar surface area (TPSA) is 61.8 Å². The quantitative estimate of drug-likeness (QED) is 0.0737. The highest BCUT2D eigenvalue weighted by Gasteiger charge is 2.48. The molecule has 48 heavy (non-hydrogen) atoms. The Morgan fingerprint density at radius 1 is 0.917 bits per heavy atom. The summed E-state index contributed by atoms with van der Waals surface area (Å²) in [6, 6.07) is 15.2. The van der Waals surface area contributed by atoms with E-state index in [-0.39, 0.29) is 39.1 Å². The van der Waals surface area contributed by atoms with E-state index in [0.29, 0.717) is 12.2 Å². The molecule has 0 heterocycles. The second kappa shape index (κ2) is 16.8. The van der Waals surface area contributed by atoms with Crippen molar-refractivity contribution < 1.29 is 23.2 Å². The van der Waals surface area contributed by atoms with Crippen LogP contribution in [0.25, 0.3) is 10.8 Å². The number of methoxy groups -OCH3 is 1. The molecule has 1 saturated carbocycles. The molecular formula is C39H62O5S2Si2. The summed E-state index contributed by atoms with van der Waals surface area (Å²) in [5.74, 6) is 2.14. The van der Waals surface area contributed by atoms with Gasteiger partial charge in [0.05, 0.1) is 29.8 Å². The van der Waals surface area contributed by atoms with Crippen molar-refractivity contribution in [2.45, 2.75) is 127 Å². The molecule has 0 spiro atoms. The highest BCUT2D eigenvalue weighted by atomic mass is 32.2. The molecule has 0 radical (unpaired) electrons. The maximum absolute atomic E-state index is 13.7. The van der Waals surface area contributed by atoms with Crippen LogP contribution in [-0.2, 0) is 29.6 Å². The molecule has 0 unspecified atom stereocenters. The number of ether oxygens (including phenoxy) is 1. The van der Waals surface area contributed by atoms with E-state index < -0.39 is 22.2 Å². The summed E-state index contributed by atoms with van der Waals surface area (Å²) in [4.78, 5) is 25.2. The van der Waals surface area contributed by atoms with Gasteiger partial charge in [0.25, 0.3) is 0 Å². The second-order valence-electron chi connectivity index (χ2n) is 16.6. The van der Waals surface area contributed by atoms with Gasteiger partial charge in [-0.15, -0.1) is 11.8 Å². The Hall–Kier alpha value is -1.37. The summed E-state index contributed by atoms with van der Waals surface area (Å²) < 4.78 is 19.1. The van der Waals surface area contributed by atoms with E-state index in [2.05, 4.69) is 129 Å². The summed E-state index contributed by atoms with van der Waals surface area (Å²) in [6.07, 6.45) is 7.56. The molecule has 1 fully saturated rings. The molecular weight excluding hydrogens is 669 g/mol. The number of carbonyl (C=O) groups is 2. The van der Waals surface area contributed by atoms with Crippen LogP contribution in [0.4, 0.5) is 0 Å². The third-order valence-corrected chi connectivity index (χ3v) is 22.2. The zero-order chi connectivity index (χ0) is 36.0. The molecule has 0 aliphatic heterocycles. The number of hydrogen-bond donors (Lipinski definition) is 0. The molecule has 0 amide bonds. The van der Waals surface area contributed by atoms with Crippen LogP contribution in [0.5, 0.6) is 0 Å². The highest BCUT2D eigenvalue weighted by molar-refractivity contribution is 8.01. The average Bonchev–Trinajstić information content (AvgIpc) is 3.27. The Kier molecular flexibility index (Phi) is 14.3. The van der Waals surface area contributed by atoms with Crippen LogP contribution >= 0.6 is 23.5 Å². The van der Waals surface area contributed by atoms with Gasteiger partial charge in [0.15, 0.2) is 16.6 Å². The van der Waals surface area contributed by atoms with Crippen molar-refractivity contribution in [2.75, 3.05) is 24.4 Å². The number of benzene rings is 2. The monoisotopic (exact) mass is 730 g/mol. The van der Waals surface area contributed by atoms with E-state index in [1.54, 1.807) is 23.5 Å². The summed E-state index contributed by atoms with van der Waals surface area (Å²) >= 11 is 3.34. The molecule has 0 bridgehead atoms. The third-order valence-electron chi connectivity index (χ3n) is 10.7. The third kappa shape index (κ3) is 11.1. The SMILES string of the molecule is COC(=O)CSCCCS[C@H]1C(=O)C[C@@H](O[Si](C)(C)C(C)(C)C)[C@@H]1/C=C/[C@](C)(CCc1cccc2ccccc12)O[Si](C)(C)C(C)(C)C. The molecule has 2 aromatic rings.